The summed E-state index contributed by atoms with van der Waals surface area (Å²) in [4.78, 5) is 24.0. The fourth-order valence-corrected chi connectivity index (χ4v) is 2.28. The summed E-state index contributed by atoms with van der Waals surface area (Å²) in [6.07, 6.45) is 1.35. The number of amides is 1. The van der Waals surface area contributed by atoms with Gasteiger partial charge in [0.2, 0.25) is 5.91 Å². The zero-order chi connectivity index (χ0) is 15.9. The highest BCUT2D eigenvalue weighted by atomic mass is 16.2. The smallest absolute Gasteiger partial charge is 0.224 e. The Hall–Kier alpha value is -2.42. The molecular formula is C19H21NO2. The molecule has 2 rings (SSSR count). The monoisotopic (exact) mass is 295 g/mol. The standard InChI is InChI=1S/C19H21NO2/c1-3-15-7-5-9-17(13-15)20-19(22)11-10-18(21)16-8-4-6-14(2)12-16/h4-9,12-13H,3,10-11H2,1-2H3,(H,20,22). The van der Waals surface area contributed by atoms with Gasteiger partial charge in [0.15, 0.2) is 5.78 Å². The Bertz CT molecular complexity index is 677. The third-order valence-electron chi connectivity index (χ3n) is 3.54. The van der Waals surface area contributed by atoms with Crippen LogP contribution in [-0.4, -0.2) is 11.7 Å². The zero-order valence-electron chi connectivity index (χ0n) is 13.1. The summed E-state index contributed by atoms with van der Waals surface area (Å²) >= 11 is 0. The van der Waals surface area contributed by atoms with E-state index in [4.69, 9.17) is 0 Å². The van der Waals surface area contributed by atoms with Crippen molar-refractivity contribution < 1.29 is 9.59 Å². The van der Waals surface area contributed by atoms with Crippen LogP contribution in [0.2, 0.25) is 0 Å². The van der Waals surface area contributed by atoms with Crippen LogP contribution in [-0.2, 0) is 11.2 Å². The highest BCUT2D eigenvalue weighted by Crippen LogP contribution is 2.13. The van der Waals surface area contributed by atoms with Gasteiger partial charge in [0.1, 0.15) is 0 Å². The van der Waals surface area contributed by atoms with Gasteiger partial charge >= 0.3 is 0 Å². The molecule has 0 aliphatic carbocycles. The quantitative estimate of drug-likeness (QED) is 0.813. The van der Waals surface area contributed by atoms with E-state index in [-0.39, 0.29) is 24.5 Å². The summed E-state index contributed by atoms with van der Waals surface area (Å²) in [7, 11) is 0. The number of Topliss-reactive ketones (excluding diaryl/α,β-unsaturated/α-hetero) is 1. The number of nitrogens with one attached hydrogen (secondary N) is 1. The predicted octanol–water partition coefficient (Wildman–Crippen LogP) is 4.16. The molecule has 0 unspecified atom stereocenters. The van der Waals surface area contributed by atoms with Gasteiger partial charge in [-0.1, -0.05) is 42.8 Å². The molecule has 114 valence electrons. The Morgan fingerprint density at radius 3 is 2.50 bits per heavy atom. The second-order valence-electron chi connectivity index (χ2n) is 5.39. The van der Waals surface area contributed by atoms with E-state index in [1.54, 1.807) is 6.07 Å². The Balaban J connectivity index is 1.88. The van der Waals surface area contributed by atoms with Crippen LogP contribution in [0.5, 0.6) is 0 Å². The summed E-state index contributed by atoms with van der Waals surface area (Å²) in [6.45, 7) is 4.02. The van der Waals surface area contributed by atoms with Crippen molar-refractivity contribution in [1.29, 1.82) is 0 Å². The third kappa shape index (κ3) is 4.55. The Labute approximate surface area is 131 Å². The number of rotatable bonds is 6. The van der Waals surface area contributed by atoms with E-state index in [9.17, 15) is 9.59 Å². The predicted molar refractivity (Wildman–Crippen MR) is 89.2 cm³/mol. The fourth-order valence-electron chi connectivity index (χ4n) is 2.28. The molecular weight excluding hydrogens is 274 g/mol. The number of hydrogen-bond acceptors (Lipinski definition) is 2. The van der Waals surface area contributed by atoms with Crippen molar-refractivity contribution in [3.8, 4) is 0 Å². The number of aryl methyl sites for hydroxylation is 2. The lowest BCUT2D eigenvalue weighted by molar-refractivity contribution is -0.116. The van der Waals surface area contributed by atoms with E-state index >= 15 is 0 Å². The van der Waals surface area contributed by atoms with Crippen molar-refractivity contribution >= 4 is 17.4 Å². The lowest BCUT2D eigenvalue weighted by atomic mass is 10.0. The molecule has 0 aliphatic rings. The van der Waals surface area contributed by atoms with Crippen LogP contribution in [0.25, 0.3) is 0 Å². The van der Waals surface area contributed by atoms with Gasteiger partial charge in [0.05, 0.1) is 0 Å². The van der Waals surface area contributed by atoms with E-state index in [0.717, 1.165) is 17.7 Å². The van der Waals surface area contributed by atoms with E-state index < -0.39 is 0 Å². The van der Waals surface area contributed by atoms with Crippen molar-refractivity contribution in [2.75, 3.05) is 5.32 Å². The largest absolute Gasteiger partial charge is 0.326 e. The Morgan fingerprint density at radius 1 is 1.00 bits per heavy atom. The van der Waals surface area contributed by atoms with E-state index in [2.05, 4.69) is 12.2 Å². The topological polar surface area (TPSA) is 46.2 Å². The first-order valence-electron chi connectivity index (χ1n) is 7.57. The molecule has 0 radical (unpaired) electrons. The molecule has 3 heteroatoms. The SMILES string of the molecule is CCc1cccc(NC(=O)CCC(=O)c2cccc(C)c2)c1. The number of carbonyl (C=O) groups excluding carboxylic acids is 2. The van der Waals surface area contributed by atoms with E-state index in [1.807, 2.05) is 49.4 Å². The maximum Gasteiger partial charge on any atom is 0.224 e. The Kier molecular flexibility index (Phi) is 5.48. The maximum atomic E-state index is 12.1. The van der Waals surface area contributed by atoms with Crippen molar-refractivity contribution in [3.63, 3.8) is 0 Å². The average Bonchev–Trinajstić information content (AvgIpc) is 2.52. The van der Waals surface area contributed by atoms with Gasteiger partial charge in [0, 0.05) is 24.1 Å². The molecule has 0 aliphatic heterocycles. The number of anilines is 1. The summed E-state index contributed by atoms with van der Waals surface area (Å²) in [6, 6.07) is 15.2. The molecule has 0 saturated carbocycles. The van der Waals surface area contributed by atoms with Crippen LogP contribution in [0, 0.1) is 6.92 Å². The summed E-state index contributed by atoms with van der Waals surface area (Å²) in [5.74, 6) is -0.129. The molecule has 0 spiro atoms. The minimum absolute atomic E-state index is 0.00107. The molecule has 1 amide bonds. The fraction of sp³-hybridized carbons (Fsp3) is 0.263. The summed E-state index contributed by atoms with van der Waals surface area (Å²) in [5, 5.41) is 2.84. The minimum atomic E-state index is -0.130. The van der Waals surface area contributed by atoms with Crippen LogP contribution in [0.4, 0.5) is 5.69 Å². The van der Waals surface area contributed by atoms with Crippen LogP contribution in [0.3, 0.4) is 0 Å². The van der Waals surface area contributed by atoms with Crippen molar-refractivity contribution in [2.24, 2.45) is 0 Å². The van der Waals surface area contributed by atoms with Crippen LogP contribution < -0.4 is 5.32 Å². The first-order valence-corrected chi connectivity index (χ1v) is 7.57. The van der Waals surface area contributed by atoms with Crippen LogP contribution in [0.15, 0.2) is 48.5 Å². The molecule has 22 heavy (non-hydrogen) atoms. The molecule has 0 fully saturated rings. The number of carbonyl (C=O) groups is 2. The Morgan fingerprint density at radius 2 is 1.77 bits per heavy atom. The van der Waals surface area contributed by atoms with Gasteiger partial charge in [-0.15, -0.1) is 0 Å². The van der Waals surface area contributed by atoms with Crippen molar-refractivity contribution in [3.05, 3.63) is 65.2 Å². The maximum absolute atomic E-state index is 12.1. The van der Waals surface area contributed by atoms with Crippen LogP contribution >= 0.6 is 0 Å². The first-order chi connectivity index (χ1) is 10.6. The second-order valence-corrected chi connectivity index (χ2v) is 5.39. The molecule has 0 aromatic heterocycles. The van der Waals surface area contributed by atoms with Crippen LogP contribution in [0.1, 0.15) is 41.3 Å². The lowest BCUT2D eigenvalue weighted by Crippen LogP contribution is -2.13. The average molecular weight is 295 g/mol. The van der Waals surface area contributed by atoms with Gasteiger partial charge in [0.25, 0.3) is 0 Å². The van der Waals surface area contributed by atoms with Gasteiger partial charge in [-0.05, 0) is 37.1 Å². The molecule has 2 aromatic carbocycles. The zero-order valence-corrected chi connectivity index (χ0v) is 13.1. The number of benzene rings is 2. The first kappa shape index (κ1) is 16.0. The van der Waals surface area contributed by atoms with Crippen molar-refractivity contribution in [1.82, 2.24) is 0 Å². The molecule has 0 heterocycles. The summed E-state index contributed by atoms with van der Waals surface area (Å²) < 4.78 is 0. The lowest BCUT2D eigenvalue weighted by Gasteiger charge is -2.07. The van der Waals surface area contributed by atoms with Gasteiger partial charge in [-0.25, -0.2) is 0 Å². The molecule has 1 N–H and O–H groups in total. The normalized spacial score (nSPS) is 10.3. The van der Waals surface area contributed by atoms with E-state index in [1.165, 1.54) is 5.56 Å². The van der Waals surface area contributed by atoms with Crippen molar-refractivity contribution in [2.45, 2.75) is 33.1 Å². The molecule has 3 nitrogen and oxygen atoms in total. The van der Waals surface area contributed by atoms with Gasteiger partial charge < -0.3 is 5.32 Å². The highest BCUT2D eigenvalue weighted by molar-refractivity contribution is 6.00. The molecule has 0 atom stereocenters. The van der Waals surface area contributed by atoms with E-state index in [0.29, 0.717) is 5.56 Å². The van der Waals surface area contributed by atoms with Gasteiger partial charge in [-0.2, -0.15) is 0 Å². The van der Waals surface area contributed by atoms with Gasteiger partial charge in [-0.3, -0.25) is 9.59 Å². The highest BCUT2D eigenvalue weighted by Gasteiger charge is 2.09. The summed E-state index contributed by atoms with van der Waals surface area (Å²) in [5.41, 5.74) is 3.67. The number of hydrogen-bond donors (Lipinski definition) is 1. The second kappa shape index (κ2) is 7.55. The minimum Gasteiger partial charge on any atom is -0.326 e. The molecule has 0 bridgehead atoms. The molecule has 0 saturated heterocycles. The third-order valence-corrected chi connectivity index (χ3v) is 3.54. The number of ketones is 1. The molecule has 2 aromatic rings.